The zero-order valence-corrected chi connectivity index (χ0v) is 15.8. The van der Waals surface area contributed by atoms with E-state index in [4.69, 9.17) is 0 Å². The SMILES string of the molecule is CC(=O)Nc1ccc(C(=O)Nc2nnc(CCCc3ccccc3)s2)cc1. The molecule has 2 aromatic carbocycles. The molecule has 1 heterocycles. The maximum absolute atomic E-state index is 12.3. The zero-order chi connectivity index (χ0) is 19.1. The number of anilines is 2. The molecule has 0 radical (unpaired) electrons. The zero-order valence-electron chi connectivity index (χ0n) is 14.9. The molecule has 0 saturated heterocycles. The van der Waals surface area contributed by atoms with Crippen LogP contribution in [-0.2, 0) is 17.6 Å². The van der Waals surface area contributed by atoms with Crippen LogP contribution < -0.4 is 10.6 Å². The molecule has 0 saturated carbocycles. The lowest BCUT2D eigenvalue weighted by Gasteiger charge is -2.04. The van der Waals surface area contributed by atoms with Crippen molar-refractivity contribution in [2.45, 2.75) is 26.2 Å². The van der Waals surface area contributed by atoms with Crippen LogP contribution in [0.3, 0.4) is 0 Å². The second kappa shape index (κ2) is 9.05. The molecule has 6 nitrogen and oxygen atoms in total. The van der Waals surface area contributed by atoms with Crippen LogP contribution in [-0.4, -0.2) is 22.0 Å². The summed E-state index contributed by atoms with van der Waals surface area (Å²) in [6, 6.07) is 17.0. The largest absolute Gasteiger partial charge is 0.326 e. The third kappa shape index (κ3) is 5.72. The number of benzene rings is 2. The van der Waals surface area contributed by atoms with Gasteiger partial charge in [0.25, 0.3) is 5.91 Å². The molecule has 0 atom stereocenters. The van der Waals surface area contributed by atoms with E-state index >= 15 is 0 Å². The summed E-state index contributed by atoms with van der Waals surface area (Å²) in [6.07, 6.45) is 2.80. The topological polar surface area (TPSA) is 84.0 Å². The van der Waals surface area contributed by atoms with Crippen molar-refractivity contribution >= 4 is 34.0 Å². The molecule has 7 heteroatoms. The molecular formula is C20H20N4O2S. The molecule has 0 bridgehead atoms. The number of hydrogen-bond donors (Lipinski definition) is 2. The number of nitrogens with one attached hydrogen (secondary N) is 2. The molecule has 3 rings (SSSR count). The van der Waals surface area contributed by atoms with E-state index in [0.29, 0.717) is 16.4 Å². The van der Waals surface area contributed by atoms with Gasteiger partial charge >= 0.3 is 0 Å². The molecule has 0 aliphatic heterocycles. The van der Waals surface area contributed by atoms with E-state index in [-0.39, 0.29) is 11.8 Å². The van der Waals surface area contributed by atoms with Gasteiger partial charge in [-0.05, 0) is 42.7 Å². The molecule has 0 fully saturated rings. The van der Waals surface area contributed by atoms with Crippen LogP contribution >= 0.6 is 11.3 Å². The van der Waals surface area contributed by atoms with Crippen LogP contribution in [0.4, 0.5) is 10.8 Å². The van der Waals surface area contributed by atoms with Gasteiger partial charge < -0.3 is 5.32 Å². The first-order valence-electron chi connectivity index (χ1n) is 8.65. The highest BCUT2D eigenvalue weighted by Gasteiger charge is 2.10. The second-order valence-electron chi connectivity index (χ2n) is 6.05. The first-order chi connectivity index (χ1) is 13.1. The Balaban J connectivity index is 1.50. The number of nitrogens with zero attached hydrogens (tertiary/aromatic N) is 2. The van der Waals surface area contributed by atoms with Crippen molar-refractivity contribution in [2.24, 2.45) is 0 Å². The monoisotopic (exact) mass is 380 g/mol. The van der Waals surface area contributed by atoms with Gasteiger partial charge in [0.1, 0.15) is 5.01 Å². The van der Waals surface area contributed by atoms with E-state index in [9.17, 15) is 9.59 Å². The molecule has 0 unspecified atom stereocenters. The van der Waals surface area contributed by atoms with Crippen LogP contribution in [0.1, 0.15) is 34.3 Å². The Labute approximate surface area is 161 Å². The molecule has 27 heavy (non-hydrogen) atoms. The normalized spacial score (nSPS) is 10.4. The molecule has 0 spiro atoms. The summed E-state index contributed by atoms with van der Waals surface area (Å²) in [7, 11) is 0. The Morgan fingerprint density at radius 2 is 1.67 bits per heavy atom. The Morgan fingerprint density at radius 3 is 2.37 bits per heavy atom. The lowest BCUT2D eigenvalue weighted by atomic mass is 10.1. The van der Waals surface area contributed by atoms with Gasteiger partial charge in [-0.1, -0.05) is 41.7 Å². The minimum Gasteiger partial charge on any atom is -0.326 e. The predicted molar refractivity (Wildman–Crippen MR) is 107 cm³/mol. The molecule has 3 aromatic rings. The highest BCUT2D eigenvalue weighted by molar-refractivity contribution is 7.15. The molecule has 2 amide bonds. The third-order valence-electron chi connectivity index (χ3n) is 3.85. The highest BCUT2D eigenvalue weighted by Crippen LogP contribution is 2.19. The van der Waals surface area contributed by atoms with E-state index in [1.807, 2.05) is 18.2 Å². The summed E-state index contributed by atoms with van der Waals surface area (Å²) in [6.45, 7) is 1.44. The Bertz CT molecular complexity index is 907. The lowest BCUT2D eigenvalue weighted by Crippen LogP contribution is -2.12. The fourth-order valence-corrected chi connectivity index (χ4v) is 3.35. The van der Waals surface area contributed by atoms with E-state index in [1.54, 1.807) is 24.3 Å². The van der Waals surface area contributed by atoms with Crippen LogP contribution in [0.15, 0.2) is 54.6 Å². The quantitative estimate of drug-likeness (QED) is 0.651. The Morgan fingerprint density at radius 1 is 0.926 bits per heavy atom. The fraction of sp³-hybridized carbons (Fsp3) is 0.200. The summed E-state index contributed by atoms with van der Waals surface area (Å²) < 4.78 is 0. The highest BCUT2D eigenvalue weighted by atomic mass is 32.1. The second-order valence-corrected chi connectivity index (χ2v) is 7.11. The number of carbonyl (C=O) groups is 2. The van der Waals surface area contributed by atoms with Crippen LogP contribution in [0.25, 0.3) is 0 Å². The number of aryl methyl sites for hydroxylation is 2. The third-order valence-corrected chi connectivity index (χ3v) is 4.75. The number of aromatic nitrogens is 2. The van der Waals surface area contributed by atoms with Crippen LogP contribution in [0.5, 0.6) is 0 Å². The first kappa shape index (κ1) is 18.7. The van der Waals surface area contributed by atoms with E-state index in [0.717, 1.165) is 24.3 Å². The molecule has 1 aromatic heterocycles. The van der Waals surface area contributed by atoms with Crippen molar-refractivity contribution < 1.29 is 9.59 Å². The Hall–Kier alpha value is -3.06. The van der Waals surface area contributed by atoms with Gasteiger partial charge in [0, 0.05) is 24.6 Å². The summed E-state index contributed by atoms with van der Waals surface area (Å²) in [5.74, 6) is -0.405. The number of rotatable bonds is 7. The van der Waals surface area contributed by atoms with Crippen molar-refractivity contribution in [3.63, 3.8) is 0 Å². The van der Waals surface area contributed by atoms with Crippen molar-refractivity contribution in [1.29, 1.82) is 0 Å². The maximum atomic E-state index is 12.3. The minimum absolute atomic E-state index is 0.152. The van der Waals surface area contributed by atoms with Gasteiger partial charge in [-0.15, -0.1) is 10.2 Å². The van der Waals surface area contributed by atoms with Gasteiger partial charge in [0.2, 0.25) is 11.0 Å². The van der Waals surface area contributed by atoms with Gasteiger partial charge in [0.05, 0.1) is 0 Å². The number of carbonyl (C=O) groups excluding carboxylic acids is 2. The van der Waals surface area contributed by atoms with E-state index in [2.05, 4.69) is 33.0 Å². The average molecular weight is 380 g/mol. The van der Waals surface area contributed by atoms with Crippen molar-refractivity contribution in [3.05, 3.63) is 70.7 Å². The number of amides is 2. The summed E-state index contributed by atoms with van der Waals surface area (Å²) >= 11 is 1.39. The Kier molecular flexibility index (Phi) is 6.27. The summed E-state index contributed by atoms with van der Waals surface area (Å²) in [5.41, 5.74) is 2.44. The standard InChI is InChI=1S/C20H20N4O2S/c1-14(25)21-17-12-10-16(11-13-17)19(26)22-20-24-23-18(27-20)9-5-8-15-6-3-2-4-7-15/h2-4,6-7,10-13H,5,8-9H2,1H3,(H,21,25)(H,22,24,26). The molecule has 0 aliphatic carbocycles. The van der Waals surface area contributed by atoms with E-state index < -0.39 is 0 Å². The molecule has 138 valence electrons. The van der Waals surface area contributed by atoms with Crippen molar-refractivity contribution in [3.8, 4) is 0 Å². The van der Waals surface area contributed by atoms with Gasteiger partial charge in [0.15, 0.2) is 0 Å². The summed E-state index contributed by atoms with van der Waals surface area (Å²) in [5, 5.41) is 15.0. The van der Waals surface area contributed by atoms with Gasteiger partial charge in [-0.3, -0.25) is 14.9 Å². The predicted octanol–water partition coefficient (Wildman–Crippen LogP) is 3.92. The molecule has 0 aliphatic rings. The maximum Gasteiger partial charge on any atom is 0.257 e. The minimum atomic E-state index is -0.253. The smallest absolute Gasteiger partial charge is 0.257 e. The van der Waals surface area contributed by atoms with Gasteiger partial charge in [-0.2, -0.15) is 0 Å². The van der Waals surface area contributed by atoms with Crippen LogP contribution in [0, 0.1) is 0 Å². The van der Waals surface area contributed by atoms with Crippen LogP contribution in [0.2, 0.25) is 0 Å². The van der Waals surface area contributed by atoms with E-state index in [1.165, 1.54) is 23.8 Å². The van der Waals surface area contributed by atoms with Gasteiger partial charge in [-0.25, -0.2) is 0 Å². The summed E-state index contributed by atoms with van der Waals surface area (Å²) in [4.78, 5) is 23.3. The van der Waals surface area contributed by atoms with Crippen molar-refractivity contribution in [1.82, 2.24) is 10.2 Å². The fourth-order valence-electron chi connectivity index (χ4n) is 2.57. The number of hydrogen-bond acceptors (Lipinski definition) is 5. The van der Waals surface area contributed by atoms with Crippen molar-refractivity contribution in [2.75, 3.05) is 10.6 Å². The average Bonchev–Trinajstić information content (AvgIpc) is 3.10. The molecule has 2 N–H and O–H groups in total. The lowest BCUT2D eigenvalue weighted by molar-refractivity contribution is -0.114. The molecular weight excluding hydrogens is 360 g/mol. The first-order valence-corrected chi connectivity index (χ1v) is 9.47.